The van der Waals surface area contributed by atoms with Crippen LogP contribution in [0.2, 0.25) is 5.02 Å². The highest BCUT2D eigenvalue weighted by molar-refractivity contribution is 6.30. The molecule has 12 heteroatoms. The normalized spacial score (nSPS) is 16.2. The number of amides is 1. The van der Waals surface area contributed by atoms with Gasteiger partial charge < -0.3 is 38.3 Å². The molecule has 46 heavy (non-hydrogen) atoms. The van der Waals surface area contributed by atoms with Gasteiger partial charge >= 0.3 is 0 Å². The van der Waals surface area contributed by atoms with Crippen molar-refractivity contribution in [3.05, 3.63) is 98.3 Å². The molecule has 0 spiro atoms. The zero-order chi connectivity index (χ0) is 32.0. The van der Waals surface area contributed by atoms with Crippen molar-refractivity contribution in [1.29, 1.82) is 0 Å². The van der Waals surface area contributed by atoms with E-state index in [0.29, 0.717) is 59.5 Å². The van der Waals surface area contributed by atoms with E-state index in [0.717, 1.165) is 29.8 Å². The van der Waals surface area contributed by atoms with Gasteiger partial charge in [-0.3, -0.25) is 14.5 Å². The first kappa shape index (κ1) is 31.8. The van der Waals surface area contributed by atoms with Crippen LogP contribution in [-0.4, -0.2) is 69.5 Å². The molecule has 0 radical (unpaired) electrons. The second-order valence-electron chi connectivity index (χ2n) is 11.2. The number of aromatic nitrogens is 1. The molecule has 1 atom stereocenters. The Morgan fingerprint density at radius 2 is 1.65 bits per heavy atom. The predicted octanol–water partition coefficient (Wildman–Crippen LogP) is 4.52. The Kier molecular flexibility index (Phi) is 10.1. The number of hydrogen-bond donors (Lipinski definition) is 1. The highest BCUT2D eigenvalue weighted by Crippen LogP contribution is 2.38. The number of halogens is 1. The second kappa shape index (κ2) is 14.5. The van der Waals surface area contributed by atoms with Crippen LogP contribution in [0.25, 0.3) is 10.9 Å². The Labute approximate surface area is 271 Å². The molecule has 1 unspecified atom stereocenters. The summed E-state index contributed by atoms with van der Waals surface area (Å²) in [7, 11) is 3.10. The average Bonchev–Trinajstić information content (AvgIpc) is 3.07. The molecule has 1 saturated heterocycles. The molecule has 1 fully saturated rings. The Morgan fingerprint density at radius 3 is 2.33 bits per heavy atom. The van der Waals surface area contributed by atoms with Crippen molar-refractivity contribution in [2.24, 2.45) is 0 Å². The van der Waals surface area contributed by atoms with Gasteiger partial charge in [-0.1, -0.05) is 23.7 Å². The molecule has 0 saturated carbocycles. The van der Waals surface area contributed by atoms with Gasteiger partial charge in [0.25, 0.3) is 5.91 Å². The molecule has 11 nitrogen and oxygen atoms in total. The minimum atomic E-state index is -0.488. The van der Waals surface area contributed by atoms with E-state index in [9.17, 15) is 9.59 Å². The molecule has 3 heterocycles. The van der Waals surface area contributed by atoms with E-state index in [1.165, 1.54) is 0 Å². The second-order valence-corrected chi connectivity index (χ2v) is 11.6. The first-order valence-electron chi connectivity index (χ1n) is 15.0. The summed E-state index contributed by atoms with van der Waals surface area (Å²) in [6, 6.07) is 16.5. The van der Waals surface area contributed by atoms with E-state index in [2.05, 4.69) is 10.2 Å². The van der Waals surface area contributed by atoms with Crippen LogP contribution in [0.3, 0.4) is 0 Å². The number of rotatable bonds is 12. The lowest BCUT2D eigenvalue weighted by Crippen LogP contribution is -2.35. The molecule has 1 amide bonds. The van der Waals surface area contributed by atoms with Gasteiger partial charge in [0.2, 0.25) is 5.43 Å². The van der Waals surface area contributed by atoms with E-state index in [1.807, 2.05) is 41.0 Å². The first-order valence-corrected chi connectivity index (χ1v) is 15.4. The lowest BCUT2D eigenvalue weighted by atomic mass is 10.0. The fourth-order valence-electron chi connectivity index (χ4n) is 5.69. The summed E-state index contributed by atoms with van der Waals surface area (Å²) in [5.41, 5.74) is 2.91. The number of carbonyl (C=O) groups is 1. The Hall–Kier alpha value is -4.13. The van der Waals surface area contributed by atoms with Crippen LogP contribution >= 0.6 is 11.6 Å². The number of nitrogens with one attached hydrogen (secondary N) is 1. The number of morpholine rings is 1. The van der Waals surface area contributed by atoms with Crippen LogP contribution in [0.15, 0.2) is 65.6 Å². The van der Waals surface area contributed by atoms with E-state index >= 15 is 0 Å². The number of carbonyl (C=O) groups excluding carboxylic acids is 1. The molecule has 242 valence electrons. The Balaban J connectivity index is 1.38. The van der Waals surface area contributed by atoms with Crippen molar-refractivity contribution in [3.63, 3.8) is 0 Å². The standard InChI is InChI=1S/C34H36ClN3O8/c1-41-20-44-26-13-24(14-27(15-26)45-21-42-2)31-19-38-18-29(34(40)36-16-22-3-5-25(35)6-4-22)33(39)28-11-23(12-30(46-31)32(28)38)17-37-7-9-43-10-8-37/h3-6,11-15,18,31H,7-10,16-17,19-21H2,1-2H3,(H,36,40). The molecule has 2 aliphatic rings. The Bertz CT molecular complexity index is 1730. The SMILES string of the molecule is COCOc1cc(OCOC)cc(C2Cn3cc(C(=O)NCc4ccc(Cl)cc4)c(=O)c4cc(CN5CCOCC5)cc(c43)O2)c1. The van der Waals surface area contributed by atoms with E-state index < -0.39 is 12.0 Å². The molecular formula is C34H36ClN3O8. The number of methoxy groups -OCH3 is 2. The first-order chi connectivity index (χ1) is 22.4. The maximum absolute atomic E-state index is 13.9. The summed E-state index contributed by atoms with van der Waals surface area (Å²) in [5, 5.41) is 3.93. The molecule has 6 rings (SSSR count). The fraction of sp³-hybridized carbons (Fsp3) is 0.353. The van der Waals surface area contributed by atoms with E-state index in [-0.39, 0.29) is 31.1 Å². The maximum atomic E-state index is 13.9. The third kappa shape index (κ3) is 7.30. The molecule has 1 aromatic heterocycles. The predicted molar refractivity (Wildman–Crippen MR) is 172 cm³/mol. The summed E-state index contributed by atoms with van der Waals surface area (Å²) >= 11 is 6.01. The summed E-state index contributed by atoms with van der Waals surface area (Å²) in [6.45, 7) is 4.18. The van der Waals surface area contributed by atoms with Crippen LogP contribution in [0.1, 0.15) is 33.2 Å². The summed E-state index contributed by atoms with van der Waals surface area (Å²) in [4.78, 5) is 29.7. The number of nitrogens with zero attached hydrogens (tertiary/aromatic N) is 2. The number of ether oxygens (including phenoxy) is 6. The van der Waals surface area contributed by atoms with Crippen molar-refractivity contribution < 1.29 is 33.2 Å². The zero-order valence-electron chi connectivity index (χ0n) is 25.8. The van der Waals surface area contributed by atoms with Gasteiger partial charge in [-0.15, -0.1) is 0 Å². The largest absolute Gasteiger partial charge is 0.482 e. The smallest absolute Gasteiger partial charge is 0.257 e. The van der Waals surface area contributed by atoms with Gasteiger partial charge in [-0.05, 0) is 47.5 Å². The van der Waals surface area contributed by atoms with Crippen molar-refractivity contribution in [2.75, 3.05) is 54.1 Å². The van der Waals surface area contributed by atoms with Crippen LogP contribution in [-0.2, 0) is 33.8 Å². The van der Waals surface area contributed by atoms with Gasteiger partial charge in [-0.2, -0.15) is 0 Å². The third-order valence-electron chi connectivity index (χ3n) is 7.91. The summed E-state index contributed by atoms with van der Waals surface area (Å²) in [5.74, 6) is 1.17. The van der Waals surface area contributed by atoms with E-state index in [4.69, 9.17) is 40.0 Å². The summed E-state index contributed by atoms with van der Waals surface area (Å²) in [6.07, 6.45) is 1.13. The molecule has 1 N–H and O–H groups in total. The summed E-state index contributed by atoms with van der Waals surface area (Å²) < 4.78 is 35.8. The minimum Gasteiger partial charge on any atom is -0.482 e. The average molecular weight is 650 g/mol. The van der Waals surface area contributed by atoms with Gasteiger partial charge in [0.15, 0.2) is 13.6 Å². The minimum absolute atomic E-state index is 0.0536. The molecule has 0 aliphatic carbocycles. The van der Waals surface area contributed by atoms with Crippen molar-refractivity contribution >= 4 is 28.4 Å². The van der Waals surface area contributed by atoms with Crippen LogP contribution < -0.4 is 25.0 Å². The highest BCUT2D eigenvalue weighted by Gasteiger charge is 2.28. The molecule has 4 aromatic rings. The molecular weight excluding hydrogens is 614 g/mol. The van der Waals surface area contributed by atoms with Crippen molar-refractivity contribution in [1.82, 2.24) is 14.8 Å². The van der Waals surface area contributed by atoms with Crippen LogP contribution in [0, 0.1) is 0 Å². The monoisotopic (exact) mass is 649 g/mol. The molecule has 2 aliphatic heterocycles. The number of pyridine rings is 1. The number of hydrogen-bond acceptors (Lipinski definition) is 9. The van der Waals surface area contributed by atoms with Gasteiger partial charge in [0.05, 0.1) is 30.7 Å². The van der Waals surface area contributed by atoms with Gasteiger partial charge in [0, 0.05) is 63.2 Å². The lowest BCUT2D eigenvalue weighted by molar-refractivity contribution is 0.0341. The van der Waals surface area contributed by atoms with Gasteiger partial charge in [0.1, 0.15) is 28.9 Å². The van der Waals surface area contributed by atoms with Crippen LogP contribution in [0.5, 0.6) is 17.2 Å². The van der Waals surface area contributed by atoms with Crippen LogP contribution in [0.4, 0.5) is 0 Å². The Morgan fingerprint density at radius 1 is 0.957 bits per heavy atom. The number of benzene rings is 3. The maximum Gasteiger partial charge on any atom is 0.257 e. The van der Waals surface area contributed by atoms with Crippen molar-refractivity contribution in [3.8, 4) is 17.2 Å². The van der Waals surface area contributed by atoms with Gasteiger partial charge in [-0.25, -0.2) is 0 Å². The van der Waals surface area contributed by atoms with Crippen molar-refractivity contribution in [2.45, 2.75) is 25.7 Å². The third-order valence-corrected chi connectivity index (χ3v) is 8.16. The fourth-order valence-corrected chi connectivity index (χ4v) is 5.81. The topological polar surface area (TPSA) is 110 Å². The van der Waals surface area contributed by atoms with E-state index in [1.54, 1.807) is 38.6 Å². The molecule has 0 bridgehead atoms. The zero-order valence-corrected chi connectivity index (χ0v) is 26.5. The lowest BCUT2D eigenvalue weighted by Gasteiger charge is -2.31. The molecule has 3 aromatic carbocycles. The highest BCUT2D eigenvalue weighted by atomic mass is 35.5. The quantitative estimate of drug-likeness (QED) is 0.222.